The minimum atomic E-state index is -0.00667. The summed E-state index contributed by atoms with van der Waals surface area (Å²) in [5.74, 6) is 0.822. The third kappa shape index (κ3) is 2.64. The predicted molar refractivity (Wildman–Crippen MR) is 66.1 cm³/mol. The summed E-state index contributed by atoms with van der Waals surface area (Å²) in [4.78, 5) is 0. The van der Waals surface area contributed by atoms with Crippen LogP contribution in [0.1, 0.15) is 44.7 Å². The van der Waals surface area contributed by atoms with E-state index in [2.05, 4.69) is 18.1 Å². The maximum atomic E-state index is 6.52. The van der Waals surface area contributed by atoms with Crippen molar-refractivity contribution in [3.8, 4) is 0 Å². The molecule has 0 bridgehead atoms. The first-order valence-electron chi connectivity index (χ1n) is 6.39. The summed E-state index contributed by atoms with van der Waals surface area (Å²) >= 11 is 0. The van der Waals surface area contributed by atoms with E-state index < -0.39 is 0 Å². The molecule has 1 fully saturated rings. The summed E-state index contributed by atoms with van der Waals surface area (Å²) in [6.45, 7) is 2.27. The van der Waals surface area contributed by atoms with Gasteiger partial charge in [0.15, 0.2) is 0 Å². The van der Waals surface area contributed by atoms with E-state index in [9.17, 15) is 0 Å². The lowest BCUT2D eigenvalue weighted by molar-refractivity contribution is 0.217. The highest BCUT2D eigenvalue weighted by Crippen LogP contribution is 2.34. The van der Waals surface area contributed by atoms with Gasteiger partial charge in [-0.25, -0.2) is 0 Å². The maximum absolute atomic E-state index is 6.52. The Balaban J connectivity index is 2.01. The summed E-state index contributed by atoms with van der Waals surface area (Å²) in [5.41, 5.74) is 7.65. The first-order valence-corrected chi connectivity index (χ1v) is 6.39. The summed E-state index contributed by atoms with van der Waals surface area (Å²) in [6, 6.07) is 2.09. The number of hydrogen-bond donors (Lipinski definition) is 1. The topological polar surface area (TPSA) is 43.8 Å². The second kappa shape index (κ2) is 4.58. The lowest BCUT2D eigenvalue weighted by Crippen LogP contribution is -2.46. The number of nitrogens with two attached hydrogens (primary N) is 1. The van der Waals surface area contributed by atoms with Crippen LogP contribution in [-0.2, 0) is 13.5 Å². The molecule has 90 valence electrons. The standard InChI is InChI=1S/C13H23N3/c1-3-11-5-4-7-13(14,9-11)10-12-6-8-16(2)15-12/h6,8,11H,3-5,7,9-10,14H2,1-2H3. The number of nitrogens with zero attached hydrogens (tertiary/aromatic N) is 2. The summed E-state index contributed by atoms with van der Waals surface area (Å²) in [5, 5.41) is 4.44. The van der Waals surface area contributed by atoms with E-state index in [0.29, 0.717) is 0 Å². The Morgan fingerprint density at radius 3 is 3.06 bits per heavy atom. The fourth-order valence-corrected chi connectivity index (χ4v) is 2.95. The van der Waals surface area contributed by atoms with Crippen LogP contribution >= 0.6 is 0 Å². The van der Waals surface area contributed by atoms with Crippen LogP contribution in [0, 0.1) is 5.92 Å². The van der Waals surface area contributed by atoms with Gasteiger partial charge in [0.25, 0.3) is 0 Å². The third-order valence-corrected chi connectivity index (χ3v) is 3.86. The van der Waals surface area contributed by atoms with E-state index in [4.69, 9.17) is 5.73 Å². The van der Waals surface area contributed by atoms with E-state index >= 15 is 0 Å². The van der Waals surface area contributed by atoms with Gasteiger partial charge in [-0.05, 0) is 24.8 Å². The Morgan fingerprint density at radius 2 is 2.44 bits per heavy atom. The quantitative estimate of drug-likeness (QED) is 0.851. The van der Waals surface area contributed by atoms with Crippen molar-refractivity contribution in [3.63, 3.8) is 0 Å². The average Bonchev–Trinajstić information content (AvgIpc) is 2.63. The van der Waals surface area contributed by atoms with Gasteiger partial charge in [0, 0.05) is 25.2 Å². The van der Waals surface area contributed by atoms with Gasteiger partial charge in [0.2, 0.25) is 0 Å². The zero-order chi connectivity index (χ0) is 11.6. The molecule has 1 aromatic rings. The Hall–Kier alpha value is -0.830. The van der Waals surface area contributed by atoms with E-state index in [1.165, 1.54) is 25.7 Å². The fourth-order valence-electron chi connectivity index (χ4n) is 2.95. The molecule has 1 heterocycles. The lowest BCUT2D eigenvalue weighted by atomic mass is 9.73. The van der Waals surface area contributed by atoms with Gasteiger partial charge in [0.1, 0.15) is 0 Å². The van der Waals surface area contributed by atoms with Crippen molar-refractivity contribution in [2.75, 3.05) is 0 Å². The van der Waals surface area contributed by atoms with Crippen molar-refractivity contribution in [2.45, 2.75) is 51.0 Å². The van der Waals surface area contributed by atoms with Crippen molar-refractivity contribution in [2.24, 2.45) is 18.7 Å². The van der Waals surface area contributed by atoms with Crippen molar-refractivity contribution < 1.29 is 0 Å². The molecule has 3 nitrogen and oxygen atoms in total. The SMILES string of the molecule is CCC1CCCC(N)(Cc2ccn(C)n2)C1. The van der Waals surface area contributed by atoms with Crippen LogP contribution < -0.4 is 5.73 Å². The van der Waals surface area contributed by atoms with Crippen molar-refractivity contribution >= 4 is 0 Å². The van der Waals surface area contributed by atoms with Crippen LogP contribution in [0.4, 0.5) is 0 Å². The van der Waals surface area contributed by atoms with Crippen molar-refractivity contribution in [1.82, 2.24) is 9.78 Å². The monoisotopic (exact) mass is 221 g/mol. The molecule has 0 saturated heterocycles. The molecule has 1 aliphatic carbocycles. The zero-order valence-corrected chi connectivity index (χ0v) is 10.4. The minimum Gasteiger partial charge on any atom is -0.325 e. The van der Waals surface area contributed by atoms with Crippen molar-refractivity contribution in [1.29, 1.82) is 0 Å². The summed E-state index contributed by atoms with van der Waals surface area (Å²) in [7, 11) is 1.96. The minimum absolute atomic E-state index is 0.00667. The van der Waals surface area contributed by atoms with Gasteiger partial charge in [-0.3, -0.25) is 4.68 Å². The normalized spacial score (nSPS) is 30.6. The number of rotatable bonds is 3. The molecule has 1 aromatic heterocycles. The Kier molecular flexibility index (Phi) is 3.33. The Labute approximate surface area is 98.0 Å². The summed E-state index contributed by atoms with van der Waals surface area (Å²) < 4.78 is 1.86. The molecule has 1 saturated carbocycles. The van der Waals surface area contributed by atoms with E-state index in [-0.39, 0.29) is 5.54 Å². The van der Waals surface area contributed by atoms with Crippen LogP contribution in [0.2, 0.25) is 0 Å². The maximum Gasteiger partial charge on any atom is 0.0642 e. The Bertz CT molecular complexity index is 345. The second-order valence-corrected chi connectivity index (χ2v) is 5.39. The van der Waals surface area contributed by atoms with Crippen LogP contribution in [-0.4, -0.2) is 15.3 Å². The molecule has 0 aliphatic heterocycles. The second-order valence-electron chi connectivity index (χ2n) is 5.39. The van der Waals surface area contributed by atoms with Gasteiger partial charge >= 0.3 is 0 Å². The molecule has 2 rings (SSSR count). The van der Waals surface area contributed by atoms with Crippen LogP contribution in [0.25, 0.3) is 0 Å². The fraction of sp³-hybridized carbons (Fsp3) is 0.769. The lowest BCUT2D eigenvalue weighted by Gasteiger charge is -2.37. The zero-order valence-electron chi connectivity index (χ0n) is 10.4. The highest BCUT2D eigenvalue weighted by molar-refractivity contribution is 5.06. The largest absolute Gasteiger partial charge is 0.325 e. The highest BCUT2D eigenvalue weighted by atomic mass is 15.2. The third-order valence-electron chi connectivity index (χ3n) is 3.86. The van der Waals surface area contributed by atoms with E-state index in [1.54, 1.807) is 0 Å². The number of aromatic nitrogens is 2. The molecule has 16 heavy (non-hydrogen) atoms. The van der Waals surface area contributed by atoms with E-state index in [1.807, 2.05) is 17.9 Å². The Morgan fingerprint density at radius 1 is 1.62 bits per heavy atom. The molecule has 2 atom stereocenters. The molecule has 0 radical (unpaired) electrons. The molecule has 0 aromatic carbocycles. The van der Waals surface area contributed by atoms with Crippen LogP contribution in [0.3, 0.4) is 0 Å². The first-order chi connectivity index (χ1) is 7.61. The molecule has 0 amide bonds. The molecule has 0 spiro atoms. The van der Waals surface area contributed by atoms with Crippen LogP contribution in [0.5, 0.6) is 0 Å². The van der Waals surface area contributed by atoms with Gasteiger partial charge in [0.05, 0.1) is 5.69 Å². The molecular weight excluding hydrogens is 198 g/mol. The number of hydrogen-bond acceptors (Lipinski definition) is 2. The van der Waals surface area contributed by atoms with Crippen LogP contribution in [0.15, 0.2) is 12.3 Å². The molecular formula is C13H23N3. The smallest absolute Gasteiger partial charge is 0.0642 e. The molecule has 3 heteroatoms. The van der Waals surface area contributed by atoms with Gasteiger partial charge in [-0.15, -0.1) is 0 Å². The van der Waals surface area contributed by atoms with Gasteiger partial charge in [-0.1, -0.05) is 26.2 Å². The van der Waals surface area contributed by atoms with Gasteiger partial charge in [-0.2, -0.15) is 5.10 Å². The van der Waals surface area contributed by atoms with Crippen molar-refractivity contribution in [3.05, 3.63) is 18.0 Å². The first kappa shape index (κ1) is 11.6. The number of aryl methyl sites for hydroxylation is 1. The van der Waals surface area contributed by atoms with Gasteiger partial charge < -0.3 is 5.73 Å². The average molecular weight is 221 g/mol. The van der Waals surface area contributed by atoms with E-state index in [0.717, 1.165) is 24.5 Å². The highest BCUT2D eigenvalue weighted by Gasteiger charge is 2.32. The molecule has 2 N–H and O–H groups in total. The summed E-state index contributed by atoms with van der Waals surface area (Å²) in [6.07, 6.45) is 9.16. The predicted octanol–water partition coefficient (Wildman–Crippen LogP) is 2.26. The molecule has 1 aliphatic rings. The molecule has 2 unspecified atom stereocenters.